The lowest BCUT2D eigenvalue weighted by Crippen LogP contribution is -2.40. The molecule has 0 bridgehead atoms. The molecule has 1 aliphatic rings. The fourth-order valence-electron chi connectivity index (χ4n) is 3.69. The summed E-state index contributed by atoms with van der Waals surface area (Å²) in [5.74, 6) is 0.00192. The Morgan fingerprint density at radius 2 is 2.06 bits per heavy atom. The predicted octanol–water partition coefficient (Wildman–Crippen LogP) is 2.02. The minimum atomic E-state index is -4.08. The number of alkyl halides is 1. The number of nitrogens with zero attached hydrogens (tertiary/aromatic N) is 4. The normalized spacial score (nSPS) is 26.5. The Bertz CT molecular complexity index is 1310. The number of halogens is 1. The van der Waals surface area contributed by atoms with Crippen molar-refractivity contribution in [2.24, 2.45) is 0 Å². The third-order valence-corrected chi connectivity index (χ3v) is 7.83. The average Bonchev–Trinajstić information content (AvgIpc) is 3.31. The van der Waals surface area contributed by atoms with Gasteiger partial charge in [-0.1, -0.05) is 18.2 Å². The van der Waals surface area contributed by atoms with Crippen molar-refractivity contribution in [2.45, 2.75) is 50.1 Å². The number of fused-ring (bicyclic) bond motifs is 1. The Kier molecular flexibility index (Phi) is 7.24. The van der Waals surface area contributed by atoms with Gasteiger partial charge in [0.05, 0.1) is 19.0 Å². The molecule has 13 nitrogen and oxygen atoms in total. The first kappa shape index (κ1) is 26.3. The van der Waals surface area contributed by atoms with E-state index in [1.807, 2.05) is 0 Å². The highest BCUT2D eigenvalue weighted by molar-refractivity contribution is 7.52. The molecular weight excluding hydrogens is 513 g/mol. The average molecular weight is 540 g/mol. The zero-order valence-corrected chi connectivity index (χ0v) is 21.4. The van der Waals surface area contributed by atoms with Crippen molar-refractivity contribution in [2.75, 3.05) is 18.1 Å². The number of ether oxygens (including phenoxy) is 1. The molecule has 194 valence electrons. The highest BCUT2D eigenvalue weighted by Gasteiger charge is 2.54. The topological polar surface area (TPSA) is 190 Å². The van der Waals surface area contributed by atoms with Gasteiger partial charge < -0.3 is 25.8 Å². The van der Waals surface area contributed by atoms with Gasteiger partial charge in [0, 0.05) is 0 Å². The van der Waals surface area contributed by atoms with Crippen molar-refractivity contribution in [3.8, 4) is 5.75 Å². The summed E-state index contributed by atoms with van der Waals surface area (Å²) in [5, 5.41) is 13.6. The molecular formula is C21H27ClN7O6P. The van der Waals surface area contributed by atoms with Gasteiger partial charge >= 0.3 is 7.75 Å². The van der Waals surface area contributed by atoms with Crippen molar-refractivity contribution >= 4 is 48.1 Å². The molecule has 1 unspecified atom stereocenters. The third kappa shape index (κ3) is 5.17. The number of benzene rings is 1. The monoisotopic (exact) mass is 539 g/mol. The number of ketones is 1. The number of Topliss-reactive ketones (excluding diaryl/α,β-unsaturated/α-hetero) is 1. The van der Waals surface area contributed by atoms with Crippen molar-refractivity contribution < 1.29 is 28.3 Å². The molecule has 15 heteroatoms. The number of imidazole rings is 1. The van der Waals surface area contributed by atoms with Crippen LogP contribution >= 0.6 is 19.3 Å². The summed E-state index contributed by atoms with van der Waals surface area (Å²) in [6, 6.07) is 7.51. The van der Waals surface area contributed by atoms with E-state index in [2.05, 4.69) is 20.0 Å². The number of carbonyl (C=O) groups excluding carboxylic acids is 1. The standard InChI is InChI=1S/C21H27ClN7O6P/c1-11(12(2)30)28-36(32,35-13-7-5-4-6-8-13)33-9-14-16(31)21(3,22)19(34-14)29-10-25-15-17(23)26-20(24)27-18(15)29/h4-8,10-11,14,16,19,31H,9H2,1-3H3,(H,28,32)(H4,23,24,26,27)/t11-,14+,16+,19+,21+,36?/m0/s1. The molecule has 3 heterocycles. The van der Waals surface area contributed by atoms with Crippen LogP contribution in [0.1, 0.15) is 27.0 Å². The highest BCUT2D eigenvalue weighted by Crippen LogP contribution is 2.48. The van der Waals surface area contributed by atoms with Gasteiger partial charge in [0.1, 0.15) is 34.1 Å². The molecule has 1 saturated heterocycles. The van der Waals surface area contributed by atoms with Crippen molar-refractivity contribution in [3.05, 3.63) is 36.7 Å². The molecule has 6 atom stereocenters. The molecule has 0 aliphatic carbocycles. The van der Waals surface area contributed by atoms with Gasteiger partial charge in [0.2, 0.25) is 5.95 Å². The summed E-state index contributed by atoms with van der Waals surface area (Å²) in [4.78, 5) is 22.7. The van der Waals surface area contributed by atoms with Gasteiger partial charge in [-0.05, 0) is 32.9 Å². The maximum atomic E-state index is 13.5. The van der Waals surface area contributed by atoms with Gasteiger partial charge in [-0.15, -0.1) is 11.6 Å². The lowest BCUT2D eigenvalue weighted by molar-refractivity contribution is -0.118. The Morgan fingerprint density at radius 1 is 1.36 bits per heavy atom. The van der Waals surface area contributed by atoms with Gasteiger partial charge in [-0.25, -0.2) is 14.6 Å². The van der Waals surface area contributed by atoms with E-state index in [1.54, 1.807) is 37.3 Å². The van der Waals surface area contributed by atoms with Crippen LogP contribution in [-0.4, -0.2) is 60.1 Å². The van der Waals surface area contributed by atoms with Crippen LogP contribution < -0.4 is 21.1 Å². The minimum absolute atomic E-state index is 0.0684. The van der Waals surface area contributed by atoms with Crippen molar-refractivity contribution in [3.63, 3.8) is 0 Å². The summed E-state index contributed by atoms with van der Waals surface area (Å²) < 4.78 is 32.3. The van der Waals surface area contributed by atoms with Crippen LogP contribution in [0, 0.1) is 0 Å². The highest BCUT2D eigenvalue weighted by atomic mass is 35.5. The number of anilines is 2. The summed E-state index contributed by atoms with van der Waals surface area (Å²) >= 11 is 6.71. The number of para-hydroxylation sites is 1. The van der Waals surface area contributed by atoms with Crippen LogP contribution in [0.15, 0.2) is 36.7 Å². The Hall–Kier alpha value is -2.80. The smallest absolute Gasteiger partial charge is 0.413 e. The quantitative estimate of drug-likeness (QED) is 0.229. The van der Waals surface area contributed by atoms with Crippen LogP contribution in [-0.2, 0) is 18.6 Å². The van der Waals surface area contributed by atoms with E-state index in [9.17, 15) is 14.5 Å². The van der Waals surface area contributed by atoms with Crippen LogP contribution in [0.2, 0.25) is 0 Å². The first-order chi connectivity index (χ1) is 16.9. The van der Waals surface area contributed by atoms with Crippen LogP contribution in [0.3, 0.4) is 0 Å². The van der Waals surface area contributed by atoms with Gasteiger partial charge in [-0.3, -0.25) is 13.9 Å². The van der Waals surface area contributed by atoms with E-state index < -0.39 is 37.1 Å². The maximum absolute atomic E-state index is 13.5. The number of nitrogens with one attached hydrogen (secondary N) is 1. The fraction of sp³-hybridized carbons (Fsp3) is 0.429. The lowest BCUT2D eigenvalue weighted by Gasteiger charge is -2.26. The molecule has 3 aromatic rings. The summed E-state index contributed by atoms with van der Waals surface area (Å²) in [6.07, 6.45) is -1.88. The molecule has 36 heavy (non-hydrogen) atoms. The number of nitrogen functional groups attached to an aromatic ring is 2. The number of carbonyl (C=O) groups is 1. The summed E-state index contributed by atoms with van der Waals surface area (Å²) in [7, 11) is -4.08. The molecule has 0 spiro atoms. The summed E-state index contributed by atoms with van der Waals surface area (Å²) in [5.41, 5.74) is 12.2. The Labute approximate surface area is 211 Å². The minimum Gasteiger partial charge on any atom is -0.413 e. The van der Waals surface area contributed by atoms with Gasteiger partial charge in [0.25, 0.3) is 0 Å². The van der Waals surface area contributed by atoms with Crippen molar-refractivity contribution in [1.82, 2.24) is 24.6 Å². The second kappa shape index (κ2) is 9.92. The number of nitrogens with two attached hydrogens (primary N) is 2. The SMILES string of the molecule is CC(=O)[C@H](C)NP(=O)(OC[C@H]1O[C@@H](n2cnc3c(N)nc(N)nc32)[C@](C)(Cl)[C@@H]1O)Oc1ccccc1. The number of hydrogen-bond donors (Lipinski definition) is 4. The van der Waals surface area contributed by atoms with E-state index in [4.69, 9.17) is 36.9 Å². The summed E-state index contributed by atoms with van der Waals surface area (Å²) in [6.45, 7) is 4.06. The zero-order chi connectivity index (χ0) is 26.3. The molecule has 2 aromatic heterocycles. The Balaban J connectivity index is 1.57. The molecule has 0 radical (unpaired) electrons. The van der Waals surface area contributed by atoms with E-state index in [1.165, 1.54) is 24.7 Å². The van der Waals surface area contributed by atoms with Gasteiger partial charge in [-0.2, -0.15) is 9.97 Å². The Morgan fingerprint density at radius 3 is 2.72 bits per heavy atom. The molecule has 4 rings (SSSR count). The van der Waals surface area contributed by atoms with Crippen molar-refractivity contribution in [1.29, 1.82) is 0 Å². The fourth-order valence-corrected chi connectivity index (χ4v) is 5.56. The molecule has 0 saturated carbocycles. The van der Waals surface area contributed by atoms with E-state index >= 15 is 0 Å². The zero-order valence-electron chi connectivity index (χ0n) is 19.7. The predicted molar refractivity (Wildman–Crippen MR) is 132 cm³/mol. The van der Waals surface area contributed by atoms with Crippen LogP contribution in [0.25, 0.3) is 11.2 Å². The van der Waals surface area contributed by atoms with Crippen LogP contribution in [0.4, 0.5) is 11.8 Å². The molecule has 1 aromatic carbocycles. The van der Waals surface area contributed by atoms with Gasteiger partial charge in [0.15, 0.2) is 17.7 Å². The molecule has 6 N–H and O–H groups in total. The first-order valence-corrected chi connectivity index (χ1v) is 12.9. The van der Waals surface area contributed by atoms with E-state index in [0.717, 1.165) is 0 Å². The lowest BCUT2D eigenvalue weighted by atomic mass is 10.0. The maximum Gasteiger partial charge on any atom is 0.459 e. The van der Waals surface area contributed by atoms with E-state index in [0.29, 0.717) is 0 Å². The first-order valence-electron chi connectivity index (χ1n) is 11.0. The second-order valence-corrected chi connectivity index (χ2v) is 11.1. The third-order valence-electron chi connectivity index (χ3n) is 5.77. The molecule has 1 fully saturated rings. The largest absolute Gasteiger partial charge is 0.459 e. The number of aliphatic hydroxyl groups excluding tert-OH is 1. The molecule has 1 aliphatic heterocycles. The number of hydrogen-bond acceptors (Lipinski definition) is 11. The van der Waals surface area contributed by atoms with Crippen LogP contribution in [0.5, 0.6) is 5.75 Å². The second-order valence-electron chi connectivity index (χ2n) is 8.57. The van der Waals surface area contributed by atoms with E-state index in [-0.39, 0.29) is 41.1 Å². The number of aliphatic hydroxyl groups is 1. The molecule has 0 amide bonds. The number of aromatic nitrogens is 4. The number of rotatable bonds is 9.